The molecule has 0 amide bonds. The maximum atomic E-state index is 10.9. The molecule has 0 aliphatic carbocycles. The molecule has 2 N–H and O–H groups in total. The normalized spacial score (nSPS) is 10.6. The van der Waals surface area contributed by atoms with Gasteiger partial charge in [-0.05, 0) is 17.7 Å². The fourth-order valence-electron chi connectivity index (χ4n) is 0.908. The lowest BCUT2D eigenvalue weighted by Crippen LogP contribution is -2.11. The summed E-state index contributed by atoms with van der Waals surface area (Å²) in [5.74, 6) is 0. The van der Waals surface area contributed by atoms with Crippen LogP contribution in [-0.4, -0.2) is 14.5 Å². The molecule has 6 heteroatoms. The van der Waals surface area contributed by atoms with Crippen LogP contribution in [0.2, 0.25) is 0 Å². The Morgan fingerprint density at radius 1 is 1.29 bits per heavy atom. The van der Waals surface area contributed by atoms with E-state index in [9.17, 15) is 13.2 Å². The van der Waals surface area contributed by atoms with Crippen LogP contribution in [0.15, 0.2) is 34.2 Å². The van der Waals surface area contributed by atoms with Crippen molar-refractivity contribution in [2.75, 3.05) is 0 Å². The predicted octanol–water partition coefficient (Wildman–Crippen LogP) is 0.170. The van der Waals surface area contributed by atoms with Crippen molar-refractivity contribution < 1.29 is 13.2 Å². The van der Waals surface area contributed by atoms with E-state index >= 15 is 0 Å². The number of sulfonamides is 1. The molecular formula is C8H8N2O3S. The number of primary sulfonamides is 1. The van der Waals surface area contributed by atoms with E-state index < -0.39 is 10.0 Å². The quantitative estimate of drug-likeness (QED) is 0.572. The molecule has 0 fully saturated rings. The van der Waals surface area contributed by atoms with Crippen molar-refractivity contribution in [3.8, 4) is 0 Å². The van der Waals surface area contributed by atoms with Gasteiger partial charge in [-0.2, -0.15) is 0 Å². The minimum atomic E-state index is -3.65. The summed E-state index contributed by atoms with van der Waals surface area (Å²) in [6.45, 7) is 0.189. The zero-order chi connectivity index (χ0) is 10.6. The number of hydrogen-bond acceptors (Lipinski definition) is 4. The average molecular weight is 212 g/mol. The molecule has 0 bridgehead atoms. The largest absolute Gasteiger partial charge is 0.238 e. The zero-order valence-electron chi connectivity index (χ0n) is 7.17. The molecule has 1 rings (SSSR count). The monoisotopic (exact) mass is 212 g/mol. The smallest absolute Gasteiger partial charge is 0.225 e. The van der Waals surface area contributed by atoms with E-state index in [2.05, 4.69) is 4.99 Å². The van der Waals surface area contributed by atoms with E-state index in [0.29, 0.717) is 0 Å². The molecule has 0 aliphatic rings. The molecule has 5 nitrogen and oxygen atoms in total. The van der Waals surface area contributed by atoms with Crippen LogP contribution in [0, 0.1) is 0 Å². The maximum absolute atomic E-state index is 10.9. The van der Waals surface area contributed by atoms with Crippen LogP contribution in [0.3, 0.4) is 0 Å². The van der Waals surface area contributed by atoms with Gasteiger partial charge in [0.25, 0.3) is 0 Å². The Hall–Kier alpha value is -1.49. The molecule has 0 atom stereocenters. The molecule has 14 heavy (non-hydrogen) atoms. The van der Waals surface area contributed by atoms with Gasteiger partial charge in [0.2, 0.25) is 16.1 Å². The summed E-state index contributed by atoms with van der Waals surface area (Å²) in [4.78, 5) is 13.2. The van der Waals surface area contributed by atoms with Crippen molar-refractivity contribution >= 4 is 16.1 Å². The van der Waals surface area contributed by atoms with Gasteiger partial charge in [0.15, 0.2) is 0 Å². The van der Waals surface area contributed by atoms with Crippen LogP contribution in [-0.2, 0) is 21.4 Å². The first kappa shape index (κ1) is 10.6. The Balaban J connectivity index is 2.95. The molecule has 0 radical (unpaired) electrons. The molecule has 0 saturated carbocycles. The summed E-state index contributed by atoms with van der Waals surface area (Å²) >= 11 is 0. The first-order valence-corrected chi connectivity index (χ1v) is 5.24. The standard InChI is InChI=1S/C8H8N2O3S/c9-14(12,13)8-3-1-7(2-4-8)5-10-6-11/h1-4H,5H2,(H2,9,12,13). The SMILES string of the molecule is NS(=O)(=O)c1ccc(CN=C=O)cc1. The molecular weight excluding hydrogens is 204 g/mol. The molecule has 0 heterocycles. The van der Waals surface area contributed by atoms with Gasteiger partial charge < -0.3 is 0 Å². The van der Waals surface area contributed by atoms with Crippen LogP contribution in [0.25, 0.3) is 0 Å². The van der Waals surface area contributed by atoms with Crippen LogP contribution < -0.4 is 5.14 Å². The minimum absolute atomic E-state index is 0.0383. The lowest BCUT2D eigenvalue weighted by molar-refractivity contribution is 0.562. The van der Waals surface area contributed by atoms with Crippen LogP contribution in [0.1, 0.15) is 5.56 Å². The fourth-order valence-corrected chi connectivity index (χ4v) is 1.42. The van der Waals surface area contributed by atoms with Gasteiger partial charge in [0.05, 0.1) is 11.4 Å². The number of rotatable bonds is 3. The third-order valence-corrected chi connectivity index (χ3v) is 2.51. The number of nitrogens with zero attached hydrogens (tertiary/aromatic N) is 1. The summed E-state index contributed by atoms with van der Waals surface area (Å²) < 4.78 is 21.7. The first-order valence-electron chi connectivity index (χ1n) is 3.69. The molecule has 1 aromatic rings. The van der Waals surface area contributed by atoms with Crippen molar-refractivity contribution in [3.05, 3.63) is 29.8 Å². The second-order valence-corrected chi connectivity index (χ2v) is 4.16. The van der Waals surface area contributed by atoms with Gasteiger partial charge >= 0.3 is 0 Å². The lowest BCUT2D eigenvalue weighted by Gasteiger charge is -1.98. The van der Waals surface area contributed by atoms with Crippen molar-refractivity contribution in [2.45, 2.75) is 11.4 Å². The Kier molecular flexibility index (Phi) is 3.14. The number of hydrogen-bond donors (Lipinski definition) is 1. The molecule has 74 valence electrons. The average Bonchev–Trinajstić information content (AvgIpc) is 2.14. The van der Waals surface area contributed by atoms with Gasteiger partial charge in [0, 0.05) is 0 Å². The summed E-state index contributed by atoms with van der Waals surface area (Å²) in [6, 6.07) is 5.82. The van der Waals surface area contributed by atoms with Crippen LogP contribution in [0.5, 0.6) is 0 Å². The van der Waals surface area contributed by atoms with E-state index in [1.165, 1.54) is 18.2 Å². The zero-order valence-corrected chi connectivity index (χ0v) is 7.99. The van der Waals surface area contributed by atoms with Gasteiger partial charge in [-0.3, -0.25) is 0 Å². The second kappa shape index (κ2) is 4.15. The minimum Gasteiger partial charge on any atom is -0.225 e. The number of benzene rings is 1. The van der Waals surface area contributed by atoms with Crippen molar-refractivity contribution in [1.82, 2.24) is 0 Å². The lowest BCUT2D eigenvalue weighted by atomic mass is 10.2. The fraction of sp³-hybridized carbons (Fsp3) is 0.125. The maximum Gasteiger partial charge on any atom is 0.238 e. The van der Waals surface area contributed by atoms with Crippen molar-refractivity contribution in [2.24, 2.45) is 10.1 Å². The van der Waals surface area contributed by atoms with Gasteiger partial charge in [-0.15, -0.1) is 0 Å². The molecule has 0 aromatic heterocycles. The summed E-state index contributed by atoms with van der Waals surface area (Å²) in [5.41, 5.74) is 0.723. The summed E-state index contributed by atoms with van der Waals surface area (Å²) in [5, 5.41) is 4.89. The van der Waals surface area contributed by atoms with Gasteiger partial charge in [0.1, 0.15) is 0 Å². The van der Waals surface area contributed by atoms with E-state index in [1.54, 1.807) is 12.1 Å². The third-order valence-electron chi connectivity index (χ3n) is 1.58. The molecule has 0 aliphatic heterocycles. The van der Waals surface area contributed by atoms with Crippen molar-refractivity contribution in [1.29, 1.82) is 0 Å². The summed E-state index contributed by atoms with van der Waals surface area (Å²) in [7, 11) is -3.65. The number of nitrogens with two attached hydrogens (primary N) is 1. The molecule has 0 unspecified atom stereocenters. The summed E-state index contributed by atoms with van der Waals surface area (Å²) in [6.07, 6.45) is 1.39. The highest BCUT2D eigenvalue weighted by molar-refractivity contribution is 7.89. The Morgan fingerprint density at radius 3 is 2.29 bits per heavy atom. The highest BCUT2D eigenvalue weighted by Crippen LogP contribution is 2.09. The third kappa shape index (κ3) is 2.77. The Bertz CT molecular complexity index is 458. The molecule has 0 spiro atoms. The molecule has 1 aromatic carbocycles. The van der Waals surface area contributed by atoms with Gasteiger partial charge in [-0.25, -0.2) is 23.3 Å². The van der Waals surface area contributed by atoms with Crippen LogP contribution >= 0.6 is 0 Å². The van der Waals surface area contributed by atoms with E-state index in [0.717, 1.165) is 5.56 Å². The molecule has 0 saturated heterocycles. The highest BCUT2D eigenvalue weighted by atomic mass is 32.2. The predicted molar refractivity (Wildman–Crippen MR) is 49.6 cm³/mol. The highest BCUT2D eigenvalue weighted by Gasteiger charge is 2.05. The Morgan fingerprint density at radius 2 is 1.86 bits per heavy atom. The topological polar surface area (TPSA) is 89.6 Å². The second-order valence-electron chi connectivity index (χ2n) is 2.60. The number of isocyanates is 1. The van der Waals surface area contributed by atoms with E-state index in [4.69, 9.17) is 5.14 Å². The van der Waals surface area contributed by atoms with Crippen molar-refractivity contribution in [3.63, 3.8) is 0 Å². The van der Waals surface area contributed by atoms with E-state index in [1.807, 2.05) is 0 Å². The first-order chi connectivity index (χ1) is 6.54. The van der Waals surface area contributed by atoms with Crippen LogP contribution in [0.4, 0.5) is 0 Å². The number of aliphatic imine (C=N–C) groups is 1. The van der Waals surface area contributed by atoms with Gasteiger partial charge in [-0.1, -0.05) is 12.1 Å². The van der Waals surface area contributed by atoms with E-state index in [-0.39, 0.29) is 11.4 Å². The number of carbonyl (C=O) groups excluding carboxylic acids is 1. The Labute approximate surface area is 81.3 Å².